The molecule has 21 heavy (non-hydrogen) atoms. The van der Waals surface area contributed by atoms with Crippen molar-refractivity contribution in [1.82, 2.24) is 0 Å². The molecule has 2 aromatic rings. The third kappa shape index (κ3) is 2.42. The lowest BCUT2D eigenvalue weighted by atomic mass is 9.97. The van der Waals surface area contributed by atoms with Crippen LogP contribution in [0.4, 0.5) is 15.8 Å². The SMILES string of the molecule is NC(=O)c1cc(F)ccc1N1CCc2cccc(N)c2C1. The Bertz CT molecular complexity index is 715. The summed E-state index contributed by atoms with van der Waals surface area (Å²) >= 11 is 0. The molecule has 0 spiro atoms. The van der Waals surface area contributed by atoms with Crippen LogP contribution in [0.3, 0.4) is 0 Å². The van der Waals surface area contributed by atoms with Gasteiger partial charge in [-0.1, -0.05) is 12.1 Å². The highest BCUT2D eigenvalue weighted by Crippen LogP contribution is 2.30. The molecule has 0 fully saturated rings. The summed E-state index contributed by atoms with van der Waals surface area (Å²) in [6, 6.07) is 9.98. The second kappa shape index (κ2) is 5.09. The van der Waals surface area contributed by atoms with Gasteiger partial charge in [0, 0.05) is 18.8 Å². The van der Waals surface area contributed by atoms with E-state index in [0.29, 0.717) is 12.2 Å². The smallest absolute Gasteiger partial charge is 0.250 e. The number of carbonyl (C=O) groups excluding carboxylic acids is 1. The second-order valence-electron chi connectivity index (χ2n) is 5.18. The van der Waals surface area contributed by atoms with E-state index >= 15 is 0 Å². The largest absolute Gasteiger partial charge is 0.398 e. The van der Waals surface area contributed by atoms with Crippen molar-refractivity contribution in [3.63, 3.8) is 0 Å². The summed E-state index contributed by atoms with van der Waals surface area (Å²) in [6.07, 6.45) is 0.829. The summed E-state index contributed by atoms with van der Waals surface area (Å²) in [5.41, 5.74) is 15.2. The van der Waals surface area contributed by atoms with Crippen LogP contribution in [0.5, 0.6) is 0 Å². The van der Waals surface area contributed by atoms with Gasteiger partial charge in [-0.05, 0) is 41.8 Å². The highest BCUT2D eigenvalue weighted by Gasteiger charge is 2.22. The summed E-state index contributed by atoms with van der Waals surface area (Å²) in [7, 11) is 0. The number of primary amides is 1. The van der Waals surface area contributed by atoms with Gasteiger partial charge in [0.15, 0.2) is 0 Å². The van der Waals surface area contributed by atoms with Crippen molar-refractivity contribution < 1.29 is 9.18 Å². The molecule has 1 aliphatic heterocycles. The van der Waals surface area contributed by atoms with Gasteiger partial charge in [0.1, 0.15) is 5.82 Å². The van der Waals surface area contributed by atoms with E-state index in [1.165, 1.54) is 17.7 Å². The zero-order valence-corrected chi connectivity index (χ0v) is 11.5. The molecule has 0 saturated heterocycles. The minimum atomic E-state index is -0.628. The highest BCUT2D eigenvalue weighted by atomic mass is 19.1. The van der Waals surface area contributed by atoms with Crippen LogP contribution in [0.15, 0.2) is 36.4 Å². The molecule has 0 unspecified atom stereocenters. The van der Waals surface area contributed by atoms with Gasteiger partial charge in [-0.15, -0.1) is 0 Å². The Hall–Kier alpha value is -2.56. The standard InChI is InChI=1S/C16H16FN3O/c17-11-4-5-15(12(8-11)16(19)21)20-7-6-10-2-1-3-14(18)13(10)9-20/h1-5,8H,6-7,9,18H2,(H2,19,21). The number of benzene rings is 2. The lowest BCUT2D eigenvalue weighted by molar-refractivity contribution is 0.1000. The average molecular weight is 285 g/mol. The Morgan fingerprint density at radius 1 is 1.24 bits per heavy atom. The number of halogens is 1. The van der Waals surface area contributed by atoms with Crippen molar-refractivity contribution in [2.75, 3.05) is 17.2 Å². The summed E-state index contributed by atoms with van der Waals surface area (Å²) in [5, 5.41) is 0. The first-order valence-electron chi connectivity index (χ1n) is 6.77. The fourth-order valence-corrected chi connectivity index (χ4v) is 2.79. The molecule has 2 aromatic carbocycles. The van der Waals surface area contributed by atoms with Gasteiger partial charge in [-0.3, -0.25) is 4.79 Å². The summed E-state index contributed by atoms with van der Waals surface area (Å²) in [6.45, 7) is 1.33. The molecule has 4 nitrogen and oxygen atoms in total. The number of fused-ring (bicyclic) bond motifs is 1. The Morgan fingerprint density at radius 3 is 2.81 bits per heavy atom. The van der Waals surface area contributed by atoms with Gasteiger partial charge in [-0.25, -0.2) is 4.39 Å². The predicted molar refractivity (Wildman–Crippen MR) is 80.5 cm³/mol. The number of carbonyl (C=O) groups is 1. The third-order valence-electron chi connectivity index (χ3n) is 3.87. The molecule has 1 amide bonds. The van der Waals surface area contributed by atoms with E-state index in [9.17, 15) is 9.18 Å². The van der Waals surface area contributed by atoms with Crippen LogP contribution >= 0.6 is 0 Å². The van der Waals surface area contributed by atoms with Gasteiger partial charge in [0.2, 0.25) is 0 Å². The van der Waals surface area contributed by atoms with E-state index in [1.54, 1.807) is 6.07 Å². The van der Waals surface area contributed by atoms with E-state index < -0.39 is 11.7 Å². The monoisotopic (exact) mass is 285 g/mol. The van der Waals surface area contributed by atoms with Gasteiger partial charge < -0.3 is 16.4 Å². The summed E-state index contributed by atoms with van der Waals surface area (Å²) in [5.74, 6) is -1.10. The van der Waals surface area contributed by atoms with Gasteiger partial charge in [0.05, 0.1) is 11.3 Å². The quantitative estimate of drug-likeness (QED) is 0.830. The second-order valence-corrected chi connectivity index (χ2v) is 5.18. The molecule has 108 valence electrons. The molecule has 3 rings (SSSR count). The Morgan fingerprint density at radius 2 is 2.05 bits per heavy atom. The van der Waals surface area contributed by atoms with Crippen molar-refractivity contribution in [3.8, 4) is 0 Å². The topological polar surface area (TPSA) is 72.4 Å². The molecule has 0 aliphatic carbocycles. The zero-order chi connectivity index (χ0) is 15.0. The van der Waals surface area contributed by atoms with Crippen molar-refractivity contribution in [2.24, 2.45) is 5.73 Å². The third-order valence-corrected chi connectivity index (χ3v) is 3.87. The molecule has 1 aliphatic rings. The average Bonchev–Trinajstić information content (AvgIpc) is 2.47. The van der Waals surface area contributed by atoms with Crippen molar-refractivity contribution in [1.29, 1.82) is 0 Å². The van der Waals surface area contributed by atoms with Crippen molar-refractivity contribution >= 4 is 17.3 Å². The fraction of sp³-hybridized carbons (Fsp3) is 0.188. The van der Waals surface area contributed by atoms with E-state index in [0.717, 1.165) is 24.2 Å². The summed E-state index contributed by atoms with van der Waals surface area (Å²) in [4.78, 5) is 13.5. The molecule has 1 heterocycles. The first kappa shape index (κ1) is 13.4. The highest BCUT2D eigenvalue weighted by molar-refractivity contribution is 5.98. The molecule has 0 bridgehead atoms. The minimum Gasteiger partial charge on any atom is -0.398 e. The van der Waals surface area contributed by atoms with Crippen molar-refractivity contribution in [2.45, 2.75) is 13.0 Å². The molecular formula is C16H16FN3O. The van der Waals surface area contributed by atoms with Gasteiger partial charge in [0.25, 0.3) is 5.91 Å². The minimum absolute atomic E-state index is 0.202. The fourth-order valence-electron chi connectivity index (χ4n) is 2.79. The van der Waals surface area contributed by atoms with Crippen LogP contribution in [0.1, 0.15) is 21.5 Å². The Labute approximate surface area is 122 Å². The number of nitrogens with zero attached hydrogens (tertiary/aromatic N) is 1. The molecule has 4 N–H and O–H groups in total. The molecule has 0 aromatic heterocycles. The number of amides is 1. The maximum atomic E-state index is 13.3. The lowest BCUT2D eigenvalue weighted by Crippen LogP contribution is -2.32. The Kier molecular flexibility index (Phi) is 3.25. The van der Waals surface area contributed by atoms with Crippen LogP contribution in [-0.4, -0.2) is 12.5 Å². The summed E-state index contributed by atoms with van der Waals surface area (Å²) < 4.78 is 13.3. The van der Waals surface area contributed by atoms with Crippen LogP contribution in [-0.2, 0) is 13.0 Å². The first-order chi connectivity index (χ1) is 10.1. The van der Waals surface area contributed by atoms with E-state index in [2.05, 4.69) is 6.07 Å². The zero-order valence-electron chi connectivity index (χ0n) is 11.5. The van der Waals surface area contributed by atoms with E-state index in [1.807, 2.05) is 17.0 Å². The number of hydrogen-bond donors (Lipinski definition) is 2. The molecule has 0 radical (unpaired) electrons. The number of rotatable bonds is 2. The lowest BCUT2D eigenvalue weighted by Gasteiger charge is -2.32. The van der Waals surface area contributed by atoms with Crippen molar-refractivity contribution in [3.05, 3.63) is 58.9 Å². The molecule has 0 atom stereocenters. The van der Waals surface area contributed by atoms with Crippen LogP contribution in [0.2, 0.25) is 0 Å². The molecule has 0 saturated carbocycles. The number of nitrogen functional groups attached to an aromatic ring is 1. The normalized spacial score (nSPS) is 13.9. The molecule has 5 heteroatoms. The number of hydrogen-bond acceptors (Lipinski definition) is 3. The first-order valence-corrected chi connectivity index (χ1v) is 6.77. The predicted octanol–water partition coefficient (Wildman–Crippen LogP) is 2.07. The van der Waals surface area contributed by atoms with Crippen LogP contribution in [0, 0.1) is 5.82 Å². The van der Waals surface area contributed by atoms with Gasteiger partial charge >= 0.3 is 0 Å². The number of nitrogens with two attached hydrogens (primary N) is 2. The van der Waals surface area contributed by atoms with Crippen LogP contribution in [0.25, 0.3) is 0 Å². The Balaban J connectivity index is 2.00. The van der Waals surface area contributed by atoms with E-state index in [4.69, 9.17) is 11.5 Å². The maximum Gasteiger partial charge on any atom is 0.250 e. The van der Waals surface area contributed by atoms with Crippen LogP contribution < -0.4 is 16.4 Å². The molecular weight excluding hydrogens is 269 g/mol. The maximum absolute atomic E-state index is 13.3. The number of anilines is 2. The van der Waals surface area contributed by atoms with Gasteiger partial charge in [-0.2, -0.15) is 0 Å². The van der Waals surface area contributed by atoms with E-state index in [-0.39, 0.29) is 5.56 Å².